The number of piperazine rings is 1. The summed E-state index contributed by atoms with van der Waals surface area (Å²) in [6, 6.07) is 15.0. The fraction of sp³-hybridized carbons (Fsp3) is 0.481. The number of aryl methyl sites for hydroxylation is 1. The number of benzene rings is 2. The number of hydrogen-bond donors (Lipinski definition) is 0. The average Bonchev–Trinajstić information content (AvgIpc) is 2.89. The lowest BCUT2D eigenvalue weighted by atomic mass is 9.98. The van der Waals surface area contributed by atoms with Crippen molar-refractivity contribution in [1.29, 1.82) is 0 Å². The third-order valence-electron chi connectivity index (χ3n) is 7.27. The monoisotopic (exact) mass is 494 g/mol. The molecular formula is C27H34N4O3S. The van der Waals surface area contributed by atoms with Crippen LogP contribution in [0.2, 0.25) is 0 Å². The van der Waals surface area contributed by atoms with E-state index < -0.39 is 10.0 Å². The molecule has 0 bridgehead atoms. The molecule has 0 amide bonds. The summed E-state index contributed by atoms with van der Waals surface area (Å²) in [5.74, 6) is 1.40. The first-order chi connectivity index (χ1) is 16.9. The topological polar surface area (TPSA) is 75.6 Å². The second-order valence-corrected chi connectivity index (χ2v) is 11.6. The van der Waals surface area contributed by atoms with E-state index in [1.165, 1.54) is 19.3 Å². The smallest absolute Gasteiger partial charge is 0.243 e. The Hall–Kier alpha value is -2.55. The van der Waals surface area contributed by atoms with Gasteiger partial charge in [0.15, 0.2) is 0 Å². The molecule has 0 spiro atoms. The van der Waals surface area contributed by atoms with Gasteiger partial charge >= 0.3 is 0 Å². The lowest BCUT2D eigenvalue weighted by Gasteiger charge is -2.37. The van der Waals surface area contributed by atoms with Crippen LogP contribution in [-0.2, 0) is 10.0 Å². The molecule has 1 saturated heterocycles. The normalized spacial score (nSPS) is 19.6. The van der Waals surface area contributed by atoms with E-state index in [2.05, 4.69) is 11.8 Å². The summed E-state index contributed by atoms with van der Waals surface area (Å²) in [5, 5.41) is 0.947. The number of ether oxygens (including phenoxy) is 1. The number of aromatic nitrogens is 2. The largest absolute Gasteiger partial charge is 0.474 e. The van der Waals surface area contributed by atoms with E-state index in [-0.39, 0.29) is 12.1 Å². The second-order valence-electron chi connectivity index (χ2n) is 9.71. The minimum atomic E-state index is -3.49. The Bertz CT molecular complexity index is 1270. The van der Waals surface area contributed by atoms with Gasteiger partial charge in [0.05, 0.1) is 21.8 Å². The molecule has 2 heterocycles. The highest BCUT2D eigenvalue weighted by molar-refractivity contribution is 7.89. The quantitative estimate of drug-likeness (QED) is 0.494. The Morgan fingerprint density at radius 3 is 2.31 bits per heavy atom. The molecule has 2 aliphatic rings. The molecule has 1 saturated carbocycles. The van der Waals surface area contributed by atoms with E-state index in [4.69, 9.17) is 14.7 Å². The van der Waals surface area contributed by atoms with Crippen LogP contribution in [0.3, 0.4) is 0 Å². The number of para-hydroxylation sites is 1. The molecule has 2 fully saturated rings. The van der Waals surface area contributed by atoms with Gasteiger partial charge in [-0.2, -0.15) is 9.29 Å². The van der Waals surface area contributed by atoms with Crippen LogP contribution in [0.1, 0.15) is 56.5 Å². The van der Waals surface area contributed by atoms with Crippen LogP contribution in [0.4, 0.5) is 0 Å². The number of nitrogens with zero attached hydrogens (tertiary/aromatic N) is 4. The highest BCUT2D eigenvalue weighted by atomic mass is 32.2. The molecule has 0 unspecified atom stereocenters. The van der Waals surface area contributed by atoms with Crippen LogP contribution in [0.15, 0.2) is 53.4 Å². The van der Waals surface area contributed by atoms with E-state index in [0.717, 1.165) is 35.1 Å². The third kappa shape index (κ3) is 5.20. The number of hydrogen-bond acceptors (Lipinski definition) is 6. The van der Waals surface area contributed by atoms with Crippen molar-refractivity contribution in [2.75, 3.05) is 26.2 Å². The molecule has 1 aliphatic carbocycles. The SMILES string of the molecule is Cc1ccc(S(=O)(=O)N2CCN([C@H](C)c3nc(OC4CCCCC4)c4ccccc4n3)CC2)cc1. The van der Waals surface area contributed by atoms with Gasteiger partial charge in [0.25, 0.3) is 0 Å². The van der Waals surface area contributed by atoms with Gasteiger partial charge in [0.2, 0.25) is 15.9 Å². The third-order valence-corrected chi connectivity index (χ3v) is 9.18. The van der Waals surface area contributed by atoms with Crippen LogP contribution >= 0.6 is 0 Å². The van der Waals surface area contributed by atoms with Gasteiger partial charge in [-0.3, -0.25) is 4.90 Å². The van der Waals surface area contributed by atoms with Gasteiger partial charge in [0.1, 0.15) is 11.9 Å². The zero-order chi connectivity index (χ0) is 24.4. The van der Waals surface area contributed by atoms with E-state index in [9.17, 15) is 8.42 Å². The summed E-state index contributed by atoms with van der Waals surface area (Å²) in [6.45, 7) is 6.19. The number of fused-ring (bicyclic) bond motifs is 1. The fourth-order valence-corrected chi connectivity index (χ4v) is 6.46. The Labute approximate surface area is 208 Å². The maximum absolute atomic E-state index is 13.1. The summed E-state index contributed by atoms with van der Waals surface area (Å²) in [6.07, 6.45) is 6.03. The van der Waals surface area contributed by atoms with Crippen molar-refractivity contribution in [2.45, 2.75) is 63.0 Å². The van der Waals surface area contributed by atoms with Crippen LogP contribution < -0.4 is 4.74 Å². The minimum Gasteiger partial charge on any atom is -0.474 e. The molecular weight excluding hydrogens is 460 g/mol. The van der Waals surface area contributed by atoms with Crippen LogP contribution in [0, 0.1) is 6.92 Å². The van der Waals surface area contributed by atoms with Crippen molar-refractivity contribution in [1.82, 2.24) is 19.2 Å². The first kappa shape index (κ1) is 24.2. The predicted octanol–water partition coefficient (Wildman–Crippen LogP) is 4.72. The summed E-state index contributed by atoms with van der Waals surface area (Å²) in [5.41, 5.74) is 1.93. The van der Waals surface area contributed by atoms with Crippen LogP contribution in [0.25, 0.3) is 10.9 Å². The summed E-state index contributed by atoms with van der Waals surface area (Å²) in [4.78, 5) is 12.4. The van der Waals surface area contributed by atoms with E-state index >= 15 is 0 Å². The van der Waals surface area contributed by atoms with Gasteiger partial charge in [-0.25, -0.2) is 13.4 Å². The Kier molecular flexibility index (Phi) is 7.05. The minimum absolute atomic E-state index is 0.0439. The van der Waals surface area contributed by atoms with Gasteiger partial charge in [-0.15, -0.1) is 0 Å². The molecule has 7 nitrogen and oxygen atoms in total. The molecule has 3 aromatic rings. The molecule has 35 heavy (non-hydrogen) atoms. The van der Waals surface area contributed by atoms with Gasteiger partial charge < -0.3 is 4.74 Å². The molecule has 2 aromatic carbocycles. The van der Waals surface area contributed by atoms with Crippen molar-refractivity contribution in [3.8, 4) is 5.88 Å². The first-order valence-electron chi connectivity index (χ1n) is 12.7. The zero-order valence-corrected chi connectivity index (χ0v) is 21.4. The van der Waals surface area contributed by atoms with Crippen LogP contribution in [-0.4, -0.2) is 59.9 Å². The highest BCUT2D eigenvalue weighted by Crippen LogP contribution is 2.30. The fourth-order valence-electron chi connectivity index (χ4n) is 5.04. The van der Waals surface area contributed by atoms with E-state index in [1.807, 2.05) is 43.3 Å². The Morgan fingerprint density at radius 1 is 0.914 bits per heavy atom. The molecule has 186 valence electrons. The molecule has 1 aliphatic heterocycles. The highest BCUT2D eigenvalue weighted by Gasteiger charge is 2.31. The predicted molar refractivity (Wildman–Crippen MR) is 137 cm³/mol. The average molecular weight is 495 g/mol. The standard InChI is InChI=1S/C27H34N4O3S/c1-20-12-14-23(15-13-20)35(32,33)31-18-16-30(17-19-31)21(2)26-28-25-11-7-6-10-24(25)27(29-26)34-22-8-4-3-5-9-22/h6-7,10-15,21-22H,3-5,8-9,16-19H2,1-2H3/t21-/m1/s1. The summed E-state index contributed by atoms with van der Waals surface area (Å²) >= 11 is 0. The van der Waals surface area contributed by atoms with Crippen molar-refractivity contribution in [2.24, 2.45) is 0 Å². The van der Waals surface area contributed by atoms with Gasteiger partial charge in [-0.1, -0.05) is 36.2 Å². The molecule has 1 atom stereocenters. The maximum atomic E-state index is 13.1. The van der Waals surface area contributed by atoms with Crippen LogP contribution in [0.5, 0.6) is 5.88 Å². The maximum Gasteiger partial charge on any atom is 0.243 e. The van der Waals surface area contributed by atoms with Gasteiger partial charge in [0, 0.05) is 26.2 Å². The molecule has 0 N–H and O–H groups in total. The lowest BCUT2D eigenvalue weighted by molar-refractivity contribution is 0.135. The van der Waals surface area contributed by atoms with Gasteiger partial charge in [-0.05, 0) is 63.8 Å². The van der Waals surface area contributed by atoms with Crippen molar-refractivity contribution < 1.29 is 13.2 Å². The number of sulfonamides is 1. The number of rotatable bonds is 6. The van der Waals surface area contributed by atoms with E-state index in [0.29, 0.717) is 37.0 Å². The summed E-state index contributed by atoms with van der Waals surface area (Å²) in [7, 11) is -3.49. The van der Waals surface area contributed by atoms with Crippen molar-refractivity contribution >= 4 is 20.9 Å². The van der Waals surface area contributed by atoms with Crippen molar-refractivity contribution in [3.05, 3.63) is 59.9 Å². The molecule has 0 radical (unpaired) electrons. The molecule has 5 rings (SSSR count). The van der Waals surface area contributed by atoms with Crippen molar-refractivity contribution in [3.63, 3.8) is 0 Å². The zero-order valence-electron chi connectivity index (χ0n) is 20.6. The molecule has 8 heteroatoms. The lowest BCUT2D eigenvalue weighted by Crippen LogP contribution is -2.49. The molecule has 1 aromatic heterocycles. The second kappa shape index (κ2) is 10.2. The Morgan fingerprint density at radius 2 is 1.60 bits per heavy atom. The van der Waals surface area contributed by atoms with E-state index in [1.54, 1.807) is 16.4 Å². The Balaban J connectivity index is 1.32. The first-order valence-corrected chi connectivity index (χ1v) is 14.1. The summed E-state index contributed by atoms with van der Waals surface area (Å²) < 4.78 is 34.2.